The van der Waals surface area contributed by atoms with Crippen LogP contribution in [0, 0.1) is 0 Å². The van der Waals surface area contributed by atoms with E-state index in [0.29, 0.717) is 19.4 Å². The van der Waals surface area contributed by atoms with Crippen LogP contribution in [-0.4, -0.2) is 47.4 Å². The van der Waals surface area contributed by atoms with Gasteiger partial charge in [0.2, 0.25) is 5.91 Å². The molecule has 2 unspecified atom stereocenters. The molecular formula is C64H123NO5. The summed E-state index contributed by atoms with van der Waals surface area (Å²) in [4.78, 5) is 24.5. The number of hydrogen-bond acceptors (Lipinski definition) is 5. The topological polar surface area (TPSA) is 95.9 Å². The van der Waals surface area contributed by atoms with Crippen molar-refractivity contribution in [2.75, 3.05) is 13.2 Å². The van der Waals surface area contributed by atoms with Crippen LogP contribution in [0.3, 0.4) is 0 Å². The second-order valence-corrected chi connectivity index (χ2v) is 21.7. The fourth-order valence-electron chi connectivity index (χ4n) is 9.87. The van der Waals surface area contributed by atoms with Crippen LogP contribution in [0.25, 0.3) is 0 Å². The number of ether oxygens (including phenoxy) is 1. The van der Waals surface area contributed by atoms with Gasteiger partial charge in [0.1, 0.15) is 0 Å². The first-order valence-electron chi connectivity index (χ1n) is 31.6. The summed E-state index contributed by atoms with van der Waals surface area (Å²) < 4.78 is 5.50. The van der Waals surface area contributed by atoms with E-state index < -0.39 is 12.1 Å². The van der Waals surface area contributed by atoms with Gasteiger partial charge >= 0.3 is 5.97 Å². The molecule has 0 saturated carbocycles. The molecule has 0 fully saturated rings. The van der Waals surface area contributed by atoms with Crippen molar-refractivity contribution in [1.29, 1.82) is 0 Å². The average molecular weight is 987 g/mol. The molecular weight excluding hydrogens is 863 g/mol. The SMILES string of the molecule is CCCCCCCCCCCCCC/C=C/C(O)C(CO)NC(=O)CCCCCCCCC/C=C\CCCCCCCCCCCCOC(=O)CCCCCCCCCCCCCCCCCCCC. The van der Waals surface area contributed by atoms with Crippen molar-refractivity contribution in [3.63, 3.8) is 0 Å². The van der Waals surface area contributed by atoms with Gasteiger partial charge in [0.05, 0.1) is 25.4 Å². The first-order chi connectivity index (χ1) is 34.5. The lowest BCUT2D eigenvalue weighted by Gasteiger charge is -2.20. The highest BCUT2D eigenvalue weighted by molar-refractivity contribution is 5.76. The molecule has 0 aliphatic heterocycles. The Morgan fingerprint density at radius 2 is 0.671 bits per heavy atom. The molecule has 3 N–H and O–H groups in total. The molecule has 0 rings (SSSR count). The summed E-state index contributed by atoms with van der Waals surface area (Å²) >= 11 is 0. The highest BCUT2D eigenvalue weighted by Crippen LogP contribution is 2.17. The summed E-state index contributed by atoms with van der Waals surface area (Å²) in [6, 6.07) is -0.633. The van der Waals surface area contributed by atoms with E-state index in [-0.39, 0.29) is 18.5 Å². The molecule has 0 aliphatic carbocycles. The third-order valence-electron chi connectivity index (χ3n) is 14.7. The van der Waals surface area contributed by atoms with E-state index in [0.717, 1.165) is 44.9 Å². The van der Waals surface area contributed by atoms with Gasteiger partial charge in [-0.3, -0.25) is 9.59 Å². The standard InChI is InChI=1S/C64H123NO5/c1-3-5-7-9-11-13-15-17-19-20-27-30-34-38-42-46-50-54-58-64(69)70-59-55-51-47-43-39-35-31-28-25-23-21-22-24-26-29-33-37-41-45-49-53-57-63(68)65-61(60-66)62(67)56-52-48-44-40-36-32-18-16-14-12-10-8-6-4-2/h22,24,52,56,61-62,66-67H,3-21,23,25-51,53-55,57-60H2,1-2H3,(H,65,68)/b24-22-,56-52+. The summed E-state index contributed by atoms with van der Waals surface area (Å²) in [7, 11) is 0. The Morgan fingerprint density at radius 1 is 0.386 bits per heavy atom. The van der Waals surface area contributed by atoms with Gasteiger partial charge in [-0.2, -0.15) is 0 Å². The maximum absolute atomic E-state index is 12.5. The second kappa shape index (κ2) is 59.9. The predicted molar refractivity (Wildman–Crippen MR) is 306 cm³/mol. The Bertz CT molecular complexity index is 1090. The highest BCUT2D eigenvalue weighted by Gasteiger charge is 2.18. The van der Waals surface area contributed by atoms with E-state index in [1.165, 1.54) is 276 Å². The number of aliphatic hydroxyl groups excluding tert-OH is 2. The monoisotopic (exact) mass is 986 g/mol. The van der Waals surface area contributed by atoms with E-state index in [1.54, 1.807) is 6.08 Å². The highest BCUT2D eigenvalue weighted by atomic mass is 16.5. The minimum absolute atomic E-state index is 0.0123. The summed E-state index contributed by atoms with van der Waals surface area (Å²) in [5.74, 6) is -0.0621. The van der Waals surface area contributed by atoms with Gasteiger partial charge < -0.3 is 20.3 Å². The smallest absolute Gasteiger partial charge is 0.305 e. The first-order valence-corrected chi connectivity index (χ1v) is 31.6. The van der Waals surface area contributed by atoms with E-state index in [2.05, 4.69) is 31.3 Å². The van der Waals surface area contributed by atoms with Crippen molar-refractivity contribution in [2.24, 2.45) is 0 Å². The largest absolute Gasteiger partial charge is 0.466 e. The number of amides is 1. The number of aliphatic hydroxyl groups is 2. The molecule has 0 saturated heterocycles. The van der Waals surface area contributed by atoms with Gasteiger partial charge in [0, 0.05) is 12.8 Å². The molecule has 0 aliphatic rings. The molecule has 414 valence electrons. The van der Waals surface area contributed by atoms with E-state index in [1.807, 2.05) is 6.08 Å². The van der Waals surface area contributed by atoms with Gasteiger partial charge in [0.25, 0.3) is 0 Å². The lowest BCUT2D eigenvalue weighted by atomic mass is 10.0. The van der Waals surface area contributed by atoms with Crippen LogP contribution in [0.2, 0.25) is 0 Å². The fourth-order valence-corrected chi connectivity index (χ4v) is 9.87. The fraction of sp³-hybridized carbons (Fsp3) is 0.906. The number of rotatable bonds is 59. The van der Waals surface area contributed by atoms with Crippen molar-refractivity contribution in [3.8, 4) is 0 Å². The van der Waals surface area contributed by atoms with Gasteiger partial charge in [-0.05, 0) is 57.8 Å². The number of unbranched alkanes of at least 4 members (excludes halogenated alkanes) is 46. The molecule has 1 amide bonds. The lowest BCUT2D eigenvalue weighted by molar-refractivity contribution is -0.143. The summed E-state index contributed by atoms with van der Waals surface area (Å²) in [6.45, 7) is 4.92. The van der Waals surface area contributed by atoms with Gasteiger partial charge in [-0.1, -0.05) is 301 Å². The average Bonchev–Trinajstić information content (AvgIpc) is 3.36. The molecule has 0 spiro atoms. The molecule has 0 aromatic heterocycles. The Hall–Kier alpha value is -1.66. The summed E-state index contributed by atoms with van der Waals surface area (Å²) in [5.41, 5.74) is 0. The normalized spacial score (nSPS) is 12.7. The third-order valence-corrected chi connectivity index (χ3v) is 14.7. The minimum atomic E-state index is -0.848. The number of hydrogen-bond donors (Lipinski definition) is 3. The zero-order chi connectivity index (χ0) is 50.7. The van der Waals surface area contributed by atoms with Gasteiger partial charge in [-0.25, -0.2) is 0 Å². The minimum Gasteiger partial charge on any atom is -0.466 e. The van der Waals surface area contributed by atoms with Crippen molar-refractivity contribution >= 4 is 11.9 Å². The Balaban J connectivity index is 3.41. The molecule has 6 nitrogen and oxygen atoms in total. The van der Waals surface area contributed by atoms with E-state index >= 15 is 0 Å². The van der Waals surface area contributed by atoms with Gasteiger partial charge in [-0.15, -0.1) is 0 Å². The third kappa shape index (κ3) is 55.7. The first kappa shape index (κ1) is 68.3. The van der Waals surface area contributed by atoms with E-state index in [9.17, 15) is 19.8 Å². The molecule has 0 aromatic carbocycles. The molecule has 0 bridgehead atoms. The lowest BCUT2D eigenvalue weighted by Crippen LogP contribution is -2.45. The predicted octanol–water partition coefficient (Wildman–Crippen LogP) is 19.8. The van der Waals surface area contributed by atoms with Crippen LogP contribution in [0.5, 0.6) is 0 Å². The molecule has 6 heteroatoms. The van der Waals surface area contributed by atoms with Crippen LogP contribution in [0.1, 0.15) is 348 Å². The van der Waals surface area contributed by atoms with Crippen LogP contribution < -0.4 is 5.32 Å². The number of carbonyl (C=O) groups is 2. The molecule has 0 radical (unpaired) electrons. The number of nitrogens with one attached hydrogen (secondary N) is 1. The van der Waals surface area contributed by atoms with Crippen LogP contribution in [0.15, 0.2) is 24.3 Å². The quantitative estimate of drug-likeness (QED) is 0.0321. The molecule has 70 heavy (non-hydrogen) atoms. The van der Waals surface area contributed by atoms with Crippen molar-refractivity contribution < 1.29 is 24.5 Å². The Labute approximate surface area is 437 Å². The zero-order valence-electron chi connectivity index (χ0n) is 47.3. The van der Waals surface area contributed by atoms with Crippen molar-refractivity contribution in [3.05, 3.63) is 24.3 Å². The molecule has 2 atom stereocenters. The van der Waals surface area contributed by atoms with Crippen LogP contribution in [-0.2, 0) is 14.3 Å². The van der Waals surface area contributed by atoms with Crippen molar-refractivity contribution in [1.82, 2.24) is 5.32 Å². The molecule has 0 aromatic rings. The van der Waals surface area contributed by atoms with E-state index in [4.69, 9.17) is 4.74 Å². The van der Waals surface area contributed by atoms with Crippen LogP contribution in [0.4, 0.5) is 0 Å². The summed E-state index contributed by atoms with van der Waals surface area (Å²) in [6.07, 6.45) is 73.6. The van der Waals surface area contributed by atoms with Crippen molar-refractivity contribution in [2.45, 2.75) is 360 Å². The number of allylic oxidation sites excluding steroid dienone is 3. The Kier molecular flexibility index (Phi) is 58.5. The number of carbonyl (C=O) groups excluding carboxylic acids is 2. The summed E-state index contributed by atoms with van der Waals surface area (Å²) in [5, 5.41) is 23.1. The maximum Gasteiger partial charge on any atom is 0.305 e. The zero-order valence-corrected chi connectivity index (χ0v) is 47.3. The second-order valence-electron chi connectivity index (χ2n) is 21.7. The molecule has 0 heterocycles. The number of esters is 1. The van der Waals surface area contributed by atoms with Gasteiger partial charge in [0.15, 0.2) is 0 Å². The van der Waals surface area contributed by atoms with Crippen LogP contribution >= 0.6 is 0 Å². The maximum atomic E-state index is 12.5. The Morgan fingerprint density at radius 3 is 1.01 bits per heavy atom.